The van der Waals surface area contributed by atoms with Gasteiger partial charge in [-0.05, 0) is 49.7 Å². The number of hydrogen-bond acceptors (Lipinski definition) is 1. The summed E-state index contributed by atoms with van der Waals surface area (Å²) in [5, 5.41) is 0. The van der Waals surface area contributed by atoms with Crippen molar-refractivity contribution in [2.24, 2.45) is 5.73 Å². The first kappa shape index (κ1) is 12.4. The second kappa shape index (κ2) is 6.02. The number of benzene rings is 1. The van der Waals surface area contributed by atoms with Crippen molar-refractivity contribution >= 4 is 0 Å². The molecule has 0 amide bonds. The number of aryl methyl sites for hydroxylation is 1. The molecule has 0 aromatic heterocycles. The summed E-state index contributed by atoms with van der Waals surface area (Å²) in [5.41, 5.74) is 10.5. The zero-order valence-electron chi connectivity index (χ0n) is 10.8. The van der Waals surface area contributed by atoms with Gasteiger partial charge in [0.25, 0.3) is 0 Å². The lowest BCUT2D eigenvalue weighted by atomic mass is 9.91. The molecule has 1 aliphatic carbocycles. The van der Waals surface area contributed by atoms with Crippen molar-refractivity contribution in [3.05, 3.63) is 47.0 Å². The van der Waals surface area contributed by atoms with Gasteiger partial charge in [0.2, 0.25) is 0 Å². The molecule has 1 nitrogen and oxygen atoms in total. The summed E-state index contributed by atoms with van der Waals surface area (Å²) in [6.07, 6.45) is 9.71. The first-order valence-electron chi connectivity index (χ1n) is 6.82. The average Bonchev–Trinajstić information content (AvgIpc) is 2.40. The number of hydrogen-bond donors (Lipinski definition) is 1. The fourth-order valence-electron chi connectivity index (χ4n) is 2.53. The molecule has 2 N–H and O–H groups in total. The Morgan fingerprint density at radius 2 is 2.18 bits per heavy atom. The Hall–Kier alpha value is -1.08. The second-order valence-electron chi connectivity index (χ2n) is 5.02. The van der Waals surface area contributed by atoms with E-state index in [9.17, 15) is 0 Å². The van der Waals surface area contributed by atoms with Crippen molar-refractivity contribution in [2.45, 2.75) is 51.5 Å². The van der Waals surface area contributed by atoms with Crippen LogP contribution < -0.4 is 5.73 Å². The van der Waals surface area contributed by atoms with Gasteiger partial charge in [-0.15, -0.1) is 0 Å². The lowest BCUT2D eigenvalue weighted by molar-refractivity contribution is 0.628. The van der Waals surface area contributed by atoms with E-state index < -0.39 is 0 Å². The molecular weight excluding hydrogens is 206 g/mol. The van der Waals surface area contributed by atoms with Crippen molar-refractivity contribution in [3.8, 4) is 0 Å². The van der Waals surface area contributed by atoms with Gasteiger partial charge in [-0.2, -0.15) is 0 Å². The van der Waals surface area contributed by atoms with Crippen LogP contribution in [-0.4, -0.2) is 0 Å². The largest absolute Gasteiger partial charge is 0.324 e. The molecule has 2 rings (SSSR count). The van der Waals surface area contributed by atoms with E-state index in [2.05, 4.69) is 37.3 Å². The first-order valence-corrected chi connectivity index (χ1v) is 6.82. The summed E-state index contributed by atoms with van der Waals surface area (Å²) < 4.78 is 0. The highest BCUT2D eigenvalue weighted by molar-refractivity contribution is 5.27. The Balaban J connectivity index is 2.03. The van der Waals surface area contributed by atoms with Crippen LogP contribution in [0.2, 0.25) is 0 Å². The minimum Gasteiger partial charge on any atom is -0.324 e. The summed E-state index contributed by atoms with van der Waals surface area (Å²) in [5.74, 6) is 0. The van der Waals surface area contributed by atoms with Crippen LogP contribution in [0.5, 0.6) is 0 Å². The predicted octanol–water partition coefficient (Wildman–Crippen LogP) is 4.14. The van der Waals surface area contributed by atoms with E-state index in [0.717, 1.165) is 12.8 Å². The standard InChI is InChI=1S/C16H23N/c1-2-13-9-6-10-15(11-13)16(17)12-14-7-4-3-5-8-14/h6-7,9-11,16H,2-5,8,12,17H2,1H3. The van der Waals surface area contributed by atoms with Gasteiger partial charge in [0.15, 0.2) is 0 Å². The maximum atomic E-state index is 6.31. The smallest absolute Gasteiger partial charge is 0.0332 e. The molecule has 0 aliphatic heterocycles. The highest BCUT2D eigenvalue weighted by atomic mass is 14.6. The van der Waals surface area contributed by atoms with Crippen molar-refractivity contribution in [1.82, 2.24) is 0 Å². The van der Waals surface area contributed by atoms with Gasteiger partial charge in [-0.1, -0.05) is 42.8 Å². The van der Waals surface area contributed by atoms with Gasteiger partial charge in [0.1, 0.15) is 0 Å². The molecule has 0 spiro atoms. The number of rotatable bonds is 4. The molecule has 0 radical (unpaired) electrons. The summed E-state index contributed by atoms with van der Waals surface area (Å²) in [7, 11) is 0. The van der Waals surface area contributed by atoms with Gasteiger partial charge in [-0.3, -0.25) is 0 Å². The summed E-state index contributed by atoms with van der Waals surface area (Å²) in [4.78, 5) is 0. The lowest BCUT2D eigenvalue weighted by Gasteiger charge is -2.18. The van der Waals surface area contributed by atoms with Crippen molar-refractivity contribution in [2.75, 3.05) is 0 Å². The highest BCUT2D eigenvalue weighted by Crippen LogP contribution is 2.26. The van der Waals surface area contributed by atoms with Crippen LogP contribution in [-0.2, 0) is 6.42 Å². The first-order chi connectivity index (χ1) is 8.29. The van der Waals surface area contributed by atoms with Crippen LogP contribution in [0.4, 0.5) is 0 Å². The van der Waals surface area contributed by atoms with E-state index in [1.54, 1.807) is 5.57 Å². The molecule has 1 unspecified atom stereocenters. The van der Waals surface area contributed by atoms with Crippen LogP contribution in [0.1, 0.15) is 56.2 Å². The molecule has 1 aromatic carbocycles. The van der Waals surface area contributed by atoms with E-state index in [-0.39, 0.29) is 6.04 Å². The maximum Gasteiger partial charge on any atom is 0.0332 e. The topological polar surface area (TPSA) is 26.0 Å². The fraction of sp³-hybridized carbons (Fsp3) is 0.500. The summed E-state index contributed by atoms with van der Waals surface area (Å²) in [6, 6.07) is 8.89. The molecule has 1 heteroatoms. The van der Waals surface area contributed by atoms with Gasteiger partial charge in [0.05, 0.1) is 0 Å². The molecule has 0 saturated heterocycles. The van der Waals surface area contributed by atoms with Crippen LogP contribution in [0, 0.1) is 0 Å². The van der Waals surface area contributed by atoms with Crippen LogP contribution in [0.25, 0.3) is 0 Å². The van der Waals surface area contributed by atoms with Crippen LogP contribution >= 0.6 is 0 Å². The van der Waals surface area contributed by atoms with E-state index in [0.29, 0.717) is 0 Å². The van der Waals surface area contributed by atoms with Gasteiger partial charge in [-0.25, -0.2) is 0 Å². The second-order valence-corrected chi connectivity index (χ2v) is 5.02. The molecule has 17 heavy (non-hydrogen) atoms. The Labute approximate surface area is 105 Å². The normalized spacial score (nSPS) is 17.6. The average molecular weight is 229 g/mol. The fourth-order valence-corrected chi connectivity index (χ4v) is 2.53. The molecule has 0 bridgehead atoms. The molecule has 92 valence electrons. The minimum atomic E-state index is 0.172. The third-order valence-corrected chi connectivity index (χ3v) is 3.65. The highest BCUT2D eigenvalue weighted by Gasteiger charge is 2.11. The molecule has 1 aromatic rings. The van der Waals surface area contributed by atoms with Crippen molar-refractivity contribution in [3.63, 3.8) is 0 Å². The summed E-state index contributed by atoms with van der Waals surface area (Å²) >= 11 is 0. The van der Waals surface area contributed by atoms with Gasteiger partial charge in [0, 0.05) is 6.04 Å². The van der Waals surface area contributed by atoms with Crippen LogP contribution in [0.3, 0.4) is 0 Å². The molecule has 1 aliphatic rings. The molecule has 1 atom stereocenters. The van der Waals surface area contributed by atoms with Crippen molar-refractivity contribution < 1.29 is 0 Å². The maximum absolute atomic E-state index is 6.31. The minimum absolute atomic E-state index is 0.172. The van der Waals surface area contributed by atoms with Gasteiger partial charge >= 0.3 is 0 Å². The van der Waals surface area contributed by atoms with Crippen molar-refractivity contribution in [1.29, 1.82) is 0 Å². The zero-order chi connectivity index (χ0) is 12.1. The van der Waals surface area contributed by atoms with E-state index >= 15 is 0 Å². The lowest BCUT2D eigenvalue weighted by Crippen LogP contribution is -2.12. The number of nitrogens with two attached hydrogens (primary N) is 1. The van der Waals surface area contributed by atoms with Crippen LogP contribution in [0.15, 0.2) is 35.9 Å². The molecule has 0 saturated carbocycles. The third kappa shape index (κ3) is 3.44. The Kier molecular flexibility index (Phi) is 4.38. The third-order valence-electron chi connectivity index (χ3n) is 3.65. The molecular formula is C16H23N. The Morgan fingerprint density at radius 1 is 1.29 bits per heavy atom. The van der Waals surface area contributed by atoms with E-state index in [4.69, 9.17) is 5.73 Å². The predicted molar refractivity (Wildman–Crippen MR) is 73.9 cm³/mol. The summed E-state index contributed by atoms with van der Waals surface area (Å²) in [6.45, 7) is 2.19. The molecule has 0 heterocycles. The van der Waals surface area contributed by atoms with E-state index in [1.807, 2.05) is 0 Å². The number of allylic oxidation sites excluding steroid dienone is 1. The Bertz CT molecular complexity index is 392. The monoisotopic (exact) mass is 229 g/mol. The molecule has 0 fully saturated rings. The van der Waals surface area contributed by atoms with Gasteiger partial charge < -0.3 is 5.73 Å². The zero-order valence-corrected chi connectivity index (χ0v) is 10.8. The Morgan fingerprint density at radius 3 is 2.88 bits per heavy atom. The van der Waals surface area contributed by atoms with E-state index in [1.165, 1.54) is 36.8 Å². The quantitative estimate of drug-likeness (QED) is 0.771. The SMILES string of the molecule is CCc1cccc(C(N)CC2=CCCCC2)c1.